The minimum absolute atomic E-state index is 0.0600. The Labute approximate surface area is 162 Å². The molecule has 0 spiro atoms. The van der Waals surface area contributed by atoms with Crippen LogP contribution in [-0.4, -0.2) is 34.8 Å². The van der Waals surface area contributed by atoms with E-state index in [9.17, 15) is 9.59 Å². The van der Waals surface area contributed by atoms with Crippen LogP contribution in [0.4, 0.5) is 5.69 Å². The normalized spacial score (nSPS) is 17.1. The van der Waals surface area contributed by atoms with E-state index in [0.29, 0.717) is 29.5 Å². The van der Waals surface area contributed by atoms with Gasteiger partial charge in [0.05, 0.1) is 5.92 Å². The van der Waals surface area contributed by atoms with Gasteiger partial charge in [0.15, 0.2) is 0 Å². The molecule has 0 radical (unpaired) electrons. The highest BCUT2D eigenvalue weighted by Crippen LogP contribution is 2.22. The monoisotopic (exact) mass is 381 g/mol. The van der Waals surface area contributed by atoms with Gasteiger partial charge >= 0.3 is 0 Å². The number of likely N-dealkylation sites (tertiary alicyclic amines) is 1. The number of anilines is 1. The number of H-pyrrole nitrogens is 1. The van der Waals surface area contributed by atoms with Crippen molar-refractivity contribution >= 4 is 40.0 Å². The summed E-state index contributed by atoms with van der Waals surface area (Å²) in [4.78, 5) is 30.4. The number of rotatable bonds is 3. The van der Waals surface area contributed by atoms with Gasteiger partial charge in [-0.2, -0.15) is 0 Å². The molecule has 1 saturated heterocycles. The molecule has 2 heterocycles. The van der Waals surface area contributed by atoms with Crippen LogP contribution in [0.1, 0.15) is 23.3 Å². The van der Waals surface area contributed by atoms with Crippen LogP contribution in [0.5, 0.6) is 0 Å². The first kappa shape index (κ1) is 17.6. The van der Waals surface area contributed by atoms with Crippen molar-refractivity contribution < 1.29 is 9.59 Å². The zero-order valence-corrected chi connectivity index (χ0v) is 15.5. The van der Waals surface area contributed by atoms with Gasteiger partial charge in [0.1, 0.15) is 5.69 Å². The van der Waals surface area contributed by atoms with Crippen LogP contribution in [-0.2, 0) is 4.79 Å². The van der Waals surface area contributed by atoms with Crippen molar-refractivity contribution in [2.24, 2.45) is 5.92 Å². The molecular weight excluding hydrogens is 362 g/mol. The Hall–Kier alpha value is -2.79. The zero-order valence-electron chi connectivity index (χ0n) is 14.7. The number of fused-ring (bicyclic) bond motifs is 1. The number of aromatic nitrogens is 1. The summed E-state index contributed by atoms with van der Waals surface area (Å²) in [5.74, 6) is -0.343. The Bertz CT molecular complexity index is 948. The molecular formula is C21H20ClN3O2. The molecule has 27 heavy (non-hydrogen) atoms. The van der Waals surface area contributed by atoms with Crippen molar-refractivity contribution in [3.8, 4) is 0 Å². The van der Waals surface area contributed by atoms with Gasteiger partial charge in [-0.3, -0.25) is 9.59 Å². The largest absolute Gasteiger partial charge is 0.351 e. The molecule has 0 aliphatic carbocycles. The lowest BCUT2D eigenvalue weighted by molar-refractivity contribution is -0.121. The minimum Gasteiger partial charge on any atom is -0.351 e. The fourth-order valence-electron chi connectivity index (χ4n) is 3.51. The van der Waals surface area contributed by atoms with Crippen LogP contribution in [0, 0.1) is 5.92 Å². The summed E-state index contributed by atoms with van der Waals surface area (Å²) in [7, 11) is 0. The standard InChI is InChI=1S/C21H20ClN3O2/c22-16-7-9-17(10-8-16)23-20(26)15-5-3-11-25(13-15)21(27)19-12-14-4-1-2-6-18(14)24-19/h1-2,4,6-10,12,15,24H,3,5,11,13H2,(H,23,26). The SMILES string of the molecule is O=C(Nc1ccc(Cl)cc1)C1CCCN(C(=O)c2cc3ccccc3[nH]2)C1. The van der Waals surface area contributed by atoms with Gasteiger partial charge in [0, 0.05) is 34.7 Å². The van der Waals surface area contributed by atoms with Crippen LogP contribution >= 0.6 is 11.6 Å². The van der Waals surface area contributed by atoms with Crippen molar-refractivity contribution in [3.05, 3.63) is 65.3 Å². The molecule has 1 unspecified atom stereocenters. The van der Waals surface area contributed by atoms with Gasteiger partial charge in [-0.1, -0.05) is 29.8 Å². The van der Waals surface area contributed by atoms with E-state index < -0.39 is 0 Å². The number of nitrogens with zero attached hydrogens (tertiary/aromatic N) is 1. The summed E-state index contributed by atoms with van der Waals surface area (Å²) in [6.07, 6.45) is 1.58. The Morgan fingerprint density at radius 3 is 2.67 bits per heavy atom. The van der Waals surface area contributed by atoms with Crippen molar-refractivity contribution in [2.45, 2.75) is 12.8 Å². The molecule has 3 aromatic rings. The molecule has 1 aromatic heterocycles. The second-order valence-corrected chi connectivity index (χ2v) is 7.29. The topological polar surface area (TPSA) is 65.2 Å². The zero-order chi connectivity index (χ0) is 18.8. The van der Waals surface area contributed by atoms with Crippen LogP contribution in [0.2, 0.25) is 5.02 Å². The van der Waals surface area contributed by atoms with E-state index in [2.05, 4.69) is 10.3 Å². The molecule has 0 saturated carbocycles. The fraction of sp³-hybridized carbons (Fsp3) is 0.238. The summed E-state index contributed by atoms with van der Waals surface area (Å²) in [6, 6.07) is 16.7. The van der Waals surface area contributed by atoms with Crippen LogP contribution in [0.3, 0.4) is 0 Å². The number of carbonyl (C=O) groups is 2. The van der Waals surface area contributed by atoms with E-state index in [1.807, 2.05) is 30.3 Å². The number of hydrogen-bond acceptors (Lipinski definition) is 2. The predicted molar refractivity (Wildman–Crippen MR) is 107 cm³/mol. The summed E-state index contributed by atoms with van der Waals surface area (Å²) < 4.78 is 0. The number of amides is 2. The average molecular weight is 382 g/mol. The first-order chi connectivity index (χ1) is 13.1. The third kappa shape index (κ3) is 3.83. The molecule has 2 aromatic carbocycles. The lowest BCUT2D eigenvalue weighted by atomic mass is 9.96. The fourth-order valence-corrected chi connectivity index (χ4v) is 3.64. The first-order valence-corrected chi connectivity index (χ1v) is 9.41. The van der Waals surface area contributed by atoms with E-state index in [4.69, 9.17) is 11.6 Å². The molecule has 1 atom stereocenters. The van der Waals surface area contributed by atoms with E-state index >= 15 is 0 Å². The van der Waals surface area contributed by atoms with E-state index in [-0.39, 0.29) is 17.7 Å². The quantitative estimate of drug-likeness (QED) is 0.709. The highest BCUT2D eigenvalue weighted by Gasteiger charge is 2.29. The smallest absolute Gasteiger partial charge is 0.270 e. The lowest BCUT2D eigenvalue weighted by Crippen LogP contribution is -2.43. The highest BCUT2D eigenvalue weighted by atomic mass is 35.5. The summed E-state index contributed by atoms with van der Waals surface area (Å²) in [5, 5.41) is 4.55. The molecule has 2 amide bonds. The molecule has 2 N–H and O–H groups in total. The maximum absolute atomic E-state index is 12.9. The number of aromatic amines is 1. The molecule has 5 nitrogen and oxygen atoms in total. The number of carbonyl (C=O) groups excluding carboxylic acids is 2. The number of para-hydroxylation sites is 1. The third-order valence-corrected chi connectivity index (χ3v) is 5.20. The van der Waals surface area contributed by atoms with Crippen molar-refractivity contribution in [3.63, 3.8) is 0 Å². The van der Waals surface area contributed by atoms with Gasteiger partial charge in [-0.15, -0.1) is 0 Å². The predicted octanol–water partition coefficient (Wildman–Crippen LogP) is 4.31. The maximum atomic E-state index is 12.9. The Kier molecular flexibility index (Phi) is 4.86. The second-order valence-electron chi connectivity index (χ2n) is 6.86. The van der Waals surface area contributed by atoms with Crippen LogP contribution in [0.25, 0.3) is 10.9 Å². The Balaban J connectivity index is 1.44. The number of halogens is 1. The Morgan fingerprint density at radius 2 is 1.89 bits per heavy atom. The number of hydrogen-bond donors (Lipinski definition) is 2. The van der Waals surface area contributed by atoms with Crippen molar-refractivity contribution in [2.75, 3.05) is 18.4 Å². The minimum atomic E-state index is -0.220. The third-order valence-electron chi connectivity index (χ3n) is 4.95. The van der Waals surface area contributed by atoms with Gasteiger partial charge in [0.2, 0.25) is 5.91 Å². The van der Waals surface area contributed by atoms with E-state index in [1.54, 1.807) is 29.2 Å². The van der Waals surface area contributed by atoms with Gasteiger partial charge in [-0.25, -0.2) is 0 Å². The average Bonchev–Trinajstić information content (AvgIpc) is 3.13. The van der Waals surface area contributed by atoms with Crippen LogP contribution < -0.4 is 5.32 Å². The van der Waals surface area contributed by atoms with Crippen molar-refractivity contribution in [1.82, 2.24) is 9.88 Å². The van der Waals surface area contributed by atoms with Gasteiger partial charge in [-0.05, 0) is 49.2 Å². The number of benzene rings is 2. The van der Waals surface area contributed by atoms with Crippen molar-refractivity contribution in [1.29, 1.82) is 0 Å². The van der Waals surface area contributed by atoms with Crippen LogP contribution in [0.15, 0.2) is 54.6 Å². The molecule has 0 bridgehead atoms. The lowest BCUT2D eigenvalue weighted by Gasteiger charge is -2.31. The summed E-state index contributed by atoms with van der Waals surface area (Å²) in [6.45, 7) is 1.09. The molecule has 138 valence electrons. The summed E-state index contributed by atoms with van der Waals surface area (Å²) >= 11 is 5.88. The summed E-state index contributed by atoms with van der Waals surface area (Å²) in [5.41, 5.74) is 2.22. The van der Waals surface area contributed by atoms with E-state index in [1.165, 1.54) is 0 Å². The molecule has 1 fully saturated rings. The molecule has 4 rings (SSSR count). The maximum Gasteiger partial charge on any atom is 0.270 e. The highest BCUT2D eigenvalue weighted by molar-refractivity contribution is 6.30. The Morgan fingerprint density at radius 1 is 1.11 bits per heavy atom. The molecule has 1 aliphatic rings. The first-order valence-electron chi connectivity index (χ1n) is 9.03. The van der Waals surface area contributed by atoms with Gasteiger partial charge < -0.3 is 15.2 Å². The number of piperidine rings is 1. The number of nitrogens with one attached hydrogen (secondary N) is 2. The van der Waals surface area contributed by atoms with E-state index in [0.717, 1.165) is 23.7 Å². The molecule has 6 heteroatoms. The van der Waals surface area contributed by atoms with Gasteiger partial charge in [0.25, 0.3) is 5.91 Å². The second kappa shape index (κ2) is 7.45. The molecule has 1 aliphatic heterocycles.